The van der Waals surface area contributed by atoms with Crippen LogP contribution >= 0.6 is 0 Å². The fourth-order valence-corrected chi connectivity index (χ4v) is 4.21. The van der Waals surface area contributed by atoms with Crippen LogP contribution in [0.25, 0.3) is 11.0 Å². The fraction of sp³-hybridized carbons (Fsp3) is 0.211. The Morgan fingerprint density at radius 2 is 1.72 bits per heavy atom. The number of benzene rings is 2. The van der Waals surface area contributed by atoms with Crippen molar-refractivity contribution in [2.24, 2.45) is 0 Å². The second-order valence-electron chi connectivity index (χ2n) is 6.21. The number of carboxylic acid groups (broad SMARTS) is 1. The molecule has 0 saturated carbocycles. The summed E-state index contributed by atoms with van der Waals surface area (Å²) in [5.41, 5.74) is 1.84. The first kappa shape index (κ1) is 20.9. The lowest BCUT2D eigenvalue weighted by atomic mass is 10.1. The van der Waals surface area contributed by atoms with Crippen LogP contribution in [0.2, 0.25) is 0 Å². The maximum Gasteiger partial charge on any atom is 0.490 e. The second-order valence-corrected chi connectivity index (χ2v) is 8.16. The summed E-state index contributed by atoms with van der Waals surface area (Å²) in [6.45, 7) is 1.62. The summed E-state index contributed by atoms with van der Waals surface area (Å²) in [5, 5.41) is 11.4. The van der Waals surface area contributed by atoms with Gasteiger partial charge in [0, 0.05) is 17.0 Å². The third-order valence-electron chi connectivity index (χ3n) is 4.29. The SMILES string of the molecule is O=C(O)C(F)(F)F.O=S(=O)(c1ccccc1)c1ccc2c3c(oc2c1)CNCC3. The van der Waals surface area contributed by atoms with Gasteiger partial charge in [-0.15, -0.1) is 0 Å². The molecule has 0 fully saturated rings. The Kier molecular flexibility index (Phi) is 5.67. The van der Waals surface area contributed by atoms with Crippen LogP contribution in [0.15, 0.2) is 62.7 Å². The lowest BCUT2D eigenvalue weighted by Gasteiger charge is -2.10. The smallest absolute Gasteiger partial charge is 0.475 e. The van der Waals surface area contributed by atoms with E-state index in [0.717, 1.165) is 24.1 Å². The number of hydrogen-bond donors (Lipinski definition) is 2. The maximum absolute atomic E-state index is 12.7. The zero-order valence-corrected chi connectivity index (χ0v) is 15.7. The van der Waals surface area contributed by atoms with Crippen molar-refractivity contribution in [2.45, 2.75) is 28.9 Å². The molecule has 1 aromatic heterocycles. The molecule has 2 heterocycles. The normalized spacial score (nSPS) is 14.0. The molecule has 0 atom stereocenters. The van der Waals surface area contributed by atoms with E-state index < -0.39 is 22.0 Å². The van der Waals surface area contributed by atoms with Crippen molar-refractivity contribution in [1.82, 2.24) is 5.32 Å². The molecule has 4 rings (SSSR count). The first-order valence-corrected chi connectivity index (χ1v) is 9.94. The number of nitrogens with one attached hydrogen (secondary N) is 1. The van der Waals surface area contributed by atoms with Gasteiger partial charge in [0.05, 0.1) is 16.3 Å². The summed E-state index contributed by atoms with van der Waals surface area (Å²) in [6.07, 6.45) is -4.17. The molecule has 0 saturated heterocycles. The molecule has 2 N–H and O–H groups in total. The molecular formula is C19H16F3NO5S. The average Bonchev–Trinajstić information content (AvgIpc) is 3.06. The second kappa shape index (κ2) is 7.88. The molecule has 0 unspecified atom stereocenters. The number of hydrogen-bond acceptors (Lipinski definition) is 5. The first-order chi connectivity index (χ1) is 13.6. The summed E-state index contributed by atoms with van der Waals surface area (Å²) in [7, 11) is -3.51. The number of carbonyl (C=O) groups is 1. The van der Waals surface area contributed by atoms with Crippen molar-refractivity contribution in [3.05, 3.63) is 59.9 Å². The lowest BCUT2D eigenvalue weighted by Crippen LogP contribution is -2.22. The van der Waals surface area contributed by atoms with Crippen LogP contribution in [0.5, 0.6) is 0 Å². The Morgan fingerprint density at radius 1 is 1.07 bits per heavy atom. The van der Waals surface area contributed by atoms with Gasteiger partial charge in [-0.25, -0.2) is 13.2 Å². The number of rotatable bonds is 2. The molecular weight excluding hydrogens is 411 g/mol. The molecule has 1 aliphatic rings. The van der Waals surface area contributed by atoms with Crippen molar-refractivity contribution >= 4 is 26.8 Å². The molecule has 6 nitrogen and oxygen atoms in total. The molecule has 1 aliphatic heterocycles. The highest BCUT2D eigenvalue weighted by atomic mass is 32.2. The minimum absolute atomic E-state index is 0.269. The van der Waals surface area contributed by atoms with Crippen molar-refractivity contribution < 1.29 is 35.9 Å². The van der Waals surface area contributed by atoms with E-state index in [9.17, 15) is 21.6 Å². The van der Waals surface area contributed by atoms with Gasteiger partial charge < -0.3 is 14.8 Å². The number of aliphatic carboxylic acids is 1. The zero-order valence-electron chi connectivity index (χ0n) is 14.9. The van der Waals surface area contributed by atoms with Gasteiger partial charge >= 0.3 is 12.1 Å². The minimum atomic E-state index is -5.08. The quantitative estimate of drug-likeness (QED) is 0.649. The molecule has 154 valence electrons. The van der Waals surface area contributed by atoms with Gasteiger partial charge in [-0.05, 0) is 37.2 Å². The summed E-state index contributed by atoms with van der Waals surface area (Å²) < 4.78 is 62.9. The third kappa shape index (κ3) is 4.43. The predicted molar refractivity (Wildman–Crippen MR) is 97.2 cm³/mol. The largest absolute Gasteiger partial charge is 0.490 e. The predicted octanol–water partition coefficient (Wildman–Crippen LogP) is 3.54. The molecule has 0 amide bonds. The topological polar surface area (TPSA) is 96.6 Å². The van der Waals surface area contributed by atoms with E-state index >= 15 is 0 Å². The highest BCUT2D eigenvalue weighted by molar-refractivity contribution is 7.91. The van der Waals surface area contributed by atoms with Crippen LogP contribution in [0.3, 0.4) is 0 Å². The fourth-order valence-electron chi connectivity index (χ4n) is 2.92. The average molecular weight is 427 g/mol. The van der Waals surface area contributed by atoms with E-state index in [0.29, 0.717) is 17.0 Å². The van der Waals surface area contributed by atoms with Gasteiger partial charge in [-0.2, -0.15) is 13.2 Å². The van der Waals surface area contributed by atoms with Crippen molar-refractivity contribution in [2.75, 3.05) is 6.54 Å². The van der Waals surface area contributed by atoms with Gasteiger partial charge in [-0.3, -0.25) is 0 Å². The Balaban J connectivity index is 0.000000298. The van der Waals surface area contributed by atoms with E-state index in [1.54, 1.807) is 42.5 Å². The lowest BCUT2D eigenvalue weighted by molar-refractivity contribution is -0.192. The van der Waals surface area contributed by atoms with Gasteiger partial charge in [0.15, 0.2) is 0 Å². The highest BCUT2D eigenvalue weighted by Gasteiger charge is 2.38. The van der Waals surface area contributed by atoms with E-state index in [1.165, 1.54) is 5.56 Å². The number of fused-ring (bicyclic) bond motifs is 3. The van der Waals surface area contributed by atoms with Crippen molar-refractivity contribution in [3.8, 4) is 0 Å². The van der Waals surface area contributed by atoms with E-state index in [2.05, 4.69) is 5.32 Å². The Hall–Kier alpha value is -2.85. The van der Waals surface area contributed by atoms with Crippen LogP contribution in [-0.4, -0.2) is 32.2 Å². The van der Waals surface area contributed by atoms with Gasteiger partial charge in [0.2, 0.25) is 9.84 Å². The molecule has 3 aromatic rings. The Labute approximate surface area is 163 Å². The van der Waals surface area contributed by atoms with Gasteiger partial charge in [0.25, 0.3) is 0 Å². The first-order valence-electron chi connectivity index (χ1n) is 8.46. The van der Waals surface area contributed by atoms with Crippen molar-refractivity contribution in [1.29, 1.82) is 0 Å². The maximum atomic E-state index is 12.7. The van der Waals surface area contributed by atoms with Gasteiger partial charge in [0.1, 0.15) is 11.3 Å². The Morgan fingerprint density at radius 3 is 2.34 bits per heavy atom. The van der Waals surface area contributed by atoms with E-state index in [4.69, 9.17) is 14.3 Å². The van der Waals surface area contributed by atoms with Crippen LogP contribution in [-0.2, 0) is 27.6 Å². The van der Waals surface area contributed by atoms with E-state index in [-0.39, 0.29) is 4.90 Å². The summed E-state index contributed by atoms with van der Waals surface area (Å²) in [6, 6.07) is 13.6. The Bertz CT molecular complexity index is 1140. The molecule has 2 aromatic carbocycles. The van der Waals surface area contributed by atoms with Crippen molar-refractivity contribution in [3.63, 3.8) is 0 Å². The summed E-state index contributed by atoms with van der Waals surface area (Å²) >= 11 is 0. The highest BCUT2D eigenvalue weighted by Crippen LogP contribution is 2.31. The molecule has 10 heteroatoms. The standard InChI is InChI=1S/C17H15NO3S.C2HF3O2/c19-22(20,12-4-2-1-3-5-12)13-6-7-14-15-8-9-18-11-17(15)21-16(14)10-13;3-2(4,5)1(6)7/h1-7,10,18H,8-9,11H2;(H,6,7). The van der Waals surface area contributed by atoms with Crippen LogP contribution in [0.1, 0.15) is 11.3 Å². The number of halogens is 3. The number of carboxylic acids is 1. The number of sulfone groups is 1. The van der Waals surface area contributed by atoms with Gasteiger partial charge in [-0.1, -0.05) is 18.2 Å². The van der Waals surface area contributed by atoms with E-state index in [1.807, 2.05) is 6.07 Å². The van der Waals surface area contributed by atoms with Crippen LogP contribution < -0.4 is 5.32 Å². The number of furan rings is 1. The zero-order chi connectivity index (χ0) is 21.2. The van der Waals surface area contributed by atoms with Crippen LogP contribution in [0, 0.1) is 0 Å². The summed E-state index contributed by atoms with van der Waals surface area (Å²) in [4.78, 5) is 9.46. The molecule has 0 spiro atoms. The number of alkyl halides is 3. The summed E-state index contributed by atoms with van der Waals surface area (Å²) in [5.74, 6) is -1.84. The monoisotopic (exact) mass is 427 g/mol. The van der Waals surface area contributed by atoms with Crippen LogP contribution in [0.4, 0.5) is 13.2 Å². The molecule has 0 aliphatic carbocycles. The third-order valence-corrected chi connectivity index (χ3v) is 6.06. The molecule has 29 heavy (non-hydrogen) atoms. The molecule has 0 bridgehead atoms. The molecule has 0 radical (unpaired) electrons. The minimum Gasteiger partial charge on any atom is -0.475 e.